The Hall–Kier alpha value is -3.52. The highest BCUT2D eigenvalue weighted by Gasteiger charge is 2.21. The van der Waals surface area contributed by atoms with Gasteiger partial charge in [-0.3, -0.25) is 19.2 Å². The molecule has 3 N–H and O–H groups in total. The van der Waals surface area contributed by atoms with Gasteiger partial charge in [-0.2, -0.15) is 0 Å². The standard InChI is InChI=1S/C22H23N3O5/c1-14(26)24-19-10-3-2-9-18(19)20(27)22(29)25-16-7-4-6-15(12-16)21(28)23-13-17-8-5-11-30-17/h2-4,6-7,9-10,12,17H,5,8,11,13H2,1H3,(H,23,28)(H,24,26)(H,25,29)/t17-/m1/s1. The van der Waals surface area contributed by atoms with Crippen molar-refractivity contribution in [3.63, 3.8) is 0 Å². The highest BCUT2D eigenvalue weighted by atomic mass is 16.5. The van der Waals surface area contributed by atoms with E-state index in [2.05, 4.69) is 16.0 Å². The topological polar surface area (TPSA) is 114 Å². The van der Waals surface area contributed by atoms with Crippen molar-refractivity contribution in [2.75, 3.05) is 23.8 Å². The summed E-state index contributed by atoms with van der Waals surface area (Å²) in [4.78, 5) is 48.7. The van der Waals surface area contributed by atoms with Crippen LogP contribution in [0.15, 0.2) is 48.5 Å². The number of carbonyl (C=O) groups excluding carboxylic acids is 4. The highest BCUT2D eigenvalue weighted by Crippen LogP contribution is 2.18. The lowest BCUT2D eigenvalue weighted by Gasteiger charge is -2.12. The van der Waals surface area contributed by atoms with Gasteiger partial charge in [0, 0.05) is 31.3 Å². The van der Waals surface area contributed by atoms with E-state index in [1.807, 2.05) is 0 Å². The number of ketones is 1. The first kappa shape index (κ1) is 21.2. The third kappa shape index (κ3) is 5.51. The molecule has 0 saturated carbocycles. The summed E-state index contributed by atoms with van der Waals surface area (Å²) in [7, 11) is 0. The number of amides is 3. The van der Waals surface area contributed by atoms with Crippen LogP contribution in [0.1, 0.15) is 40.5 Å². The number of carbonyl (C=O) groups is 4. The predicted molar refractivity (Wildman–Crippen MR) is 111 cm³/mol. The Kier molecular flexibility index (Phi) is 6.92. The van der Waals surface area contributed by atoms with Gasteiger partial charge in [0.05, 0.1) is 17.4 Å². The van der Waals surface area contributed by atoms with Gasteiger partial charge >= 0.3 is 0 Å². The smallest absolute Gasteiger partial charge is 0.296 e. The van der Waals surface area contributed by atoms with Crippen molar-refractivity contribution in [2.24, 2.45) is 0 Å². The van der Waals surface area contributed by atoms with Crippen LogP contribution >= 0.6 is 0 Å². The monoisotopic (exact) mass is 409 g/mol. The lowest BCUT2D eigenvalue weighted by Crippen LogP contribution is -2.31. The Balaban J connectivity index is 1.65. The first-order valence-corrected chi connectivity index (χ1v) is 9.66. The van der Waals surface area contributed by atoms with E-state index in [9.17, 15) is 19.2 Å². The van der Waals surface area contributed by atoms with Gasteiger partial charge < -0.3 is 20.7 Å². The molecule has 1 aliphatic rings. The Bertz CT molecular complexity index is 967. The SMILES string of the molecule is CC(=O)Nc1ccccc1C(=O)C(=O)Nc1cccc(C(=O)NC[C@H]2CCCO2)c1. The average molecular weight is 409 g/mol. The molecule has 0 aromatic heterocycles. The van der Waals surface area contributed by atoms with Crippen molar-refractivity contribution < 1.29 is 23.9 Å². The molecule has 3 amide bonds. The Morgan fingerprint density at radius 1 is 1.03 bits per heavy atom. The maximum Gasteiger partial charge on any atom is 0.296 e. The van der Waals surface area contributed by atoms with Crippen LogP contribution in [0.4, 0.5) is 11.4 Å². The van der Waals surface area contributed by atoms with Crippen LogP contribution in [0.3, 0.4) is 0 Å². The summed E-state index contributed by atoms with van der Waals surface area (Å²) in [6, 6.07) is 12.6. The fourth-order valence-electron chi connectivity index (χ4n) is 3.14. The maximum absolute atomic E-state index is 12.6. The molecule has 1 saturated heterocycles. The van der Waals surface area contributed by atoms with Crippen LogP contribution < -0.4 is 16.0 Å². The van der Waals surface area contributed by atoms with Gasteiger partial charge in [-0.05, 0) is 43.2 Å². The molecule has 8 heteroatoms. The summed E-state index contributed by atoms with van der Waals surface area (Å²) < 4.78 is 5.48. The van der Waals surface area contributed by atoms with Gasteiger partial charge in [-0.1, -0.05) is 18.2 Å². The third-order valence-corrected chi connectivity index (χ3v) is 4.59. The zero-order valence-corrected chi connectivity index (χ0v) is 16.6. The minimum atomic E-state index is -0.871. The highest BCUT2D eigenvalue weighted by molar-refractivity contribution is 6.47. The quantitative estimate of drug-likeness (QED) is 0.480. The number of para-hydroxylation sites is 1. The van der Waals surface area contributed by atoms with Gasteiger partial charge in [0.1, 0.15) is 0 Å². The summed E-state index contributed by atoms with van der Waals surface area (Å²) in [5.74, 6) is -2.31. The molecule has 2 aromatic carbocycles. The first-order chi connectivity index (χ1) is 14.4. The van der Waals surface area contributed by atoms with Gasteiger partial charge in [0.15, 0.2) is 0 Å². The number of Topliss-reactive ketones (excluding diaryl/α,β-unsaturated/α-hetero) is 1. The number of hydrogen-bond acceptors (Lipinski definition) is 5. The summed E-state index contributed by atoms with van der Waals surface area (Å²) in [6.07, 6.45) is 1.93. The Morgan fingerprint density at radius 3 is 2.57 bits per heavy atom. The number of rotatable bonds is 7. The van der Waals surface area contributed by atoms with Crippen LogP contribution in [0.2, 0.25) is 0 Å². The van der Waals surface area contributed by atoms with E-state index in [4.69, 9.17) is 4.74 Å². The first-order valence-electron chi connectivity index (χ1n) is 9.66. The molecular weight excluding hydrogens is 386 g/mol. The summed E-state index contributed by atoms with van der Waals surface area (Å²) in [5.41, 5.74) is 1.01. The van der Waals surface area contributed by atoms with Gasteiger partial charge in [0.25, 0.3) is 17.6 Å². The Labute approximate surface area is 174 Å². The van der Waals surface area contributed by atoms with Crippen LogP contribution in [-0.4, -0.2) is 42.8 Å². The van der Waals surface area contributed by atoms with E-state index in [-0.39, 0.29) is 29.2 Å². The average Bonchev–Trinajstić information content (AvgIpc) is 3.25. The van der Waals surface area contributed by atoms with Crippen LogP contribution in [-0.2, 0) is 14.3 Å². The second-order valence-electron chi connectivity index (χ2n) is 6.94. The molecule has 8 nitrogen and oxygen atoms in total. The van der Waals surface area contributed by atoms with Crippen molar-refractivity contribution in [3.05, 3.63) is 59.7 Å². The fraction of sp³-hybridized carbons (Fsp3) is 0.273. The van der Waals surface area contributed by atoms with E-state index in [1.165, 1.54) is 19.1 Å². The van der Waals surface area contributed by atoms with E-state index in [1.54, 1.807) is 36.4 Å². The molecule has 156 valence electrons. The van der Waals surface area contributed by atoms with Crippen molar-refractivity contribution >= 4 is 34.9 Å². The van der Waals surface area contributed by atoms with E-state index in [0.29, 0.717) is 24.4 Å². The molecule has 1 atom stereocenters. The van der Waals surface area contributed by atoms with E-state index < -0.39 is 11.7 Å². The molecule has 30 heavy (non-hydrogen) atoms. The molecule has 1 aliphatic heterocycles. The van der Waals surface area contributed by atoms with E-state index in [0.717, 1.165) is 12.8 Å². The molecule has 0 bridgehead atoms. The molecule has 2 aromatic rings. The number of ether oxygens (including phenoxy) is 1. The molecule has 0 spiro atoms. The molecule has 3 rings (SSSR count). The third-order valence-electron chi connectivity index (χ3n) is 4.59. The normalized spacial score (nSPS) is 15.3. The van der Waals surface area contributed by atoms with Crippen LogP contribution in [0.5, 0.6) is 0 Å². The van der Waals surface area contributed by atoms with E-state index >= 15 is 0 Å². The van der Waals surface area contributed by atoms with Gasteiger partial charge in [0.2, 0.25) is 5.91 Å². The Morgan fingerprint density at radius 2 is 1.83 bits per heavy atom. The molecule has 1 heterocycles. The predicted octanol–water partition coefficient (Wildman–Crippen LogP) is 2.38. The lowest BCUT2D eigenvalue weighted by atomic mass is 10.1. The molecular formula is C22H23N3O5. The maximum atomic E-state index is 12.6. The number of benzene rings is 2. The molecule has 0 unspecified atom stereocenters. The second-order valence-corrected chi connectivity index (χ2v) is 6.94. The number of anilines is 2. The molecule has 1 fully saturated rings. The van der Waals surface area contributed by atoms with Crippen molar-refractivity contribution in [3.8, 4) is 0 Å². The zero-order chi connectivity index (χ0) is 21.5. The van der Waals surface area contributed by atoms with Crippen molar-refractivity contribution in [1.29, 1.82) is 0 Å². The van der Waals surface area contributed by atoms with Crippen molar-refractivity contribution in [2.45, 2.75) is 25.9 Å². The van der Waals surface area contributed by atoms with Gasteiger partial charge in [-0.15, -0.1) is 0 Å². The summed E-state index contributed by atoms with van der Waals surface area (Å²) in [6.45, 7) is 2.45. The molecule has 0 radical (unpaired) electrons. The zero-order valence-electron chi connectivity index (χ0n) is 16.6. The summed E-state index contributed by atoms with van der Waals surface area (Å²) >= 11 is 0. The van der Waals surface area contributed by atoms with Crippen LogP contribution in [0, 0.1) is 0 Å². The molecule has 0 aliphatic carbocycles. The van der Waals surface area contributed by atoms with Crippen LogP contribution in [0.25, 0.3) is 0 Å². The summed E-state index contributed by atoms with van der Waals surface area (Å²) in [5, 5.41) is 7.85. The van der Waals surface area contributed by atoms with Crippen molar-refractivity contribution in [1.82, 2.24) is 5.32 Å². The van der Waals surface area contributed by atoms with Gasteiger partial charge in [-0.25, -0.2) is 0 Å². The fourth-order valence-corrected chi connectivity index (χ4v) is 3.14. The number of nitrogens with one attached hydrogen (secondary N) is 3. The largest absolute Gasteiger partial charge is 0.376 e. The lowest BCUT2D eigenvalue weighted by molar-refractivity contribution is -0.114. The second kappa shape index (κ2) is 9.80. The minimum Gasteiger partial charge on any atom is -0.376 e. The minimum absolute atomic E-state index is 0.0261. The number of hydrogen-bond donors (Lipinski definition) is 3.